The van der Waals surface area contributed by atoms with Gasteiger partial charge in [-0.2, -0.15) is 0 Å². The first-order chi connectivity index (χ1) is 6.75. The van der Waals surface area contributed by atoms with Gasteiger partial charge in [0.1, 0.15) is 6.73 Å². The summed E-state index contributed by atoms with van der Waals surface area (Å²) in [6.45, 7) is -0.203. The Labute approximate surface area is 80.0 Å². The molecule has 5 nitrogen and oxygen atoms in total. The minimum Gasteiger partial charge on any atom is -0.306 e. The number of nitrogens with zero attached hydrogens (tertiary/aromatic N) is 1. The largest absolute Gasteiger partial charge is 0.306 e. The SMILES string of the molecule is NCON1C(=O)c2ccccc2C1=O. The topological polar surface area (TPSA) is 72.6 Å². The summed E-state index contributed by atoms with van der Waals surface area (Å²) < 4.78 is 0. The van der Waals surface area contributed by atoms with E-state index < -0.39 is 11.8 Å². The van der Waals surface area contributed by atoms with Gasteiger partial charge in [0.05, 0.1) is 11.1 Å². The summed E-state index contributed by atoms with van der Waals surface area (Å²) in [5.41, 5.74) is 5.80. The number of imide groups is 1. The molecule has 0 aromatic heterocycles. The maximum absolute atomic E-state index is 11.5. The minimum absolute atomic E-state index is 0.203. The zero-order valence-corrected chi connectivity index (χ0v) is 7.27. The number of carbonyl (C=O) groups is 2. The highest BCUT2D eigenvalue weighted by Gasteiger charge is 2.36. The lowest BCUT2D eigenvalue weighted by molar-refractivity contribution is -0.0890. The number of hydrogen-bond acceptors (Lipinski definition) is 4. The van der Waals surface area contributed by atoms with E-state index in [1.54, 1.807) is 24.3 Å². The first-order valence-electron chi connectivity index (χ1n) is 4.06. The van der Waals surface area contributed by atoms with Gasteiger partial charge in [0.25, 0.3) is 11.8 Å². The summed E-state index contributed by atoms with van der Waals surface area (Å²) in [5.74, 6) is -0.924. The summed E-state index contributed by atoms with van der Waals surface area (Å²) in [7, 11) is 0. The highest BCUT2D eigenvalue weighted by Crippen LogP contribution is 2.21. The van der Waals surface area contributed by atoms with Gasteiger partial charge in [-0.1, -0.05) is 12.1 Å². The van der Waals surface area contributed by atoms with Crippen LogP contribution in [0, 0.1) is 0 Å². The average molecular weight is 192 g/mol. The second kappa shape index (κ2) is 3.21. The number of hydrogen-bond donors (Lipinski definition) is 1. The van der Waals surface area contributed by atoms with Gasteiger partial charge in [-0.25, -0.2) is 4.84 Å². The fourth-order valence-corrected chi connectivity index (χ4v) is 1.36. The first-order valence-corrected chi connectivity index (χ1v) is 4.06. The minimum atomic E-state index is -0.462. The molecule has 2 N–H and O–H groups in total. The molecule has 0 unspecified atom stereocenters. The van der Waals surface area contributed by atoms with Crippen LogP contribution in [0.3, 0.4) is 0 Å². The van der Waals surface area contributed by atoms with E-state index >= 15 is 0 Å². The standard InChI is InChI=1S/C9H8N2O3/c10-5-14-11-8(12)6-3-1-2-4-7(6)9(11)13/h1-4H,5,10H2. The Morgan fingerprint density at radius 1 is 1.14 bits per heavy atom. The van der Waals surface area contributed by atoms with Crippen molar-refractivity contribution in [1.29, 1.82) is 0 Å². The number of hydroxylamine groups is 2. The van der Waals surface area contributed by atoms with Crippen LogP contribution < -0.4 is 5.73 Å². The molecule has 14 heavy (non-hydrogen) atoms. The van der Waals surface area contributed by atoms with Crippen molar-refractivity contribution in [1.82, 2.24) is 5.06 Å². The lowest BCUT2D eigenvalue weighted by Gasteiger charge is -2.10. The summed E-state index contributed by atoms with van der Waals surface area (Å²) in [5, 5.41) is 0.685. The summed E-state index contributed by atoms with van der Waals surface area (Å²) in [6.07, 6.45) is 0. The van der Waals surface area contributed by atoms with E-state index in [4.69, 9.17) is 10.6 Å². The molecule has 0 saturated carbocycles. The predicted molar refractivity (Wildman–Crippen MR) is 47.1 cm³/mol. The van der Waals surface area contributed by atoms with Crippen LogP contribution in [0.25, 0.3) is 0 Å². The van der Waals surface area contributed by atoms with Crippen LogP contribution >= 0.6 is 0 Å². The molecular weight excluding hydrogens is 184 g/mol. The third-order valence-corrected chi connectivity index (χ3v) is 1.96. The highest BCUT2D eigenvalue weighted by atomic mass is 16.7. The molecule has 72 valence electrons. The van der Waals surface area contributed by atoms with E-state index in [0.717, 1.165) is 0 Å². The Morgan fingerprint density at radius 3 is 2.07 bits per heavy atom. The molecule has 0 bridgehead atoms. The average Bonchev–Trinajstić information content (AvgIpc) is 2.45. The van der Waals surface area contributed by atoms with E-state index in [-0.39, 0.29) is 6.73 Å². The molecule has 2 rings (SSSR count). The van der Waals surface area contributed by atoms with Crippen LogP contribution in [0.5, 0.6) is 0 Å². The Balaban J connectivity index is 2.43. The molecule has 0 fully saturated rings. The highest BCUT2D eigenvalue weighted by molar-refractivity contribution is 6.20. The smallest absolute Gasteiger partial charge is 0.285 e. The van der Waals surface area contributed by atoms with E-state index in [1.165, 1.54) is 0 Å². The maximum Gasteiger partial charge on any atom is 0.285 e. The molecule has 0 saturated heterocycles. The van der Waals surface area contributed by atoms with Crippen LogP contribution in [-0.4, -0.2) is 23.6 Å². The van der Waals surface area contributed by atoms with Crippen LogP contribution in [0.1, 0.15) is 20.7 Å². The van der Waals surface area contributed by atoms with Gasteiger partial charge in [-0.15, -0.1) is 5.06 Å². The molecule has 1 aliphatic heterocycles. The number of benzene rings is 1. The third-order valence-electron chi connectivity index (χ3n) is 1.96. The van der Waals surface area contributed by atoms with Crippen molar-refractivity contribution in [2.24, 2.45) is 5.73 Å². The van der Waals surface area contributed by atoms with Gasteiger partial charge >= 0.3 is 0 Å². The Kier molecular flexibility index (Phi) is 2.03. The molecule has 1 aliphatic rings. The zero-order valence-electron chi connectivity index (χ0n) is 7.27. The van der Waals surface area contributed by atoms with Crippen molar-refractivity contribution in [2.75, 3.05) is 6.73 Å². The van der Waals surface area contributed by atoms with Crippen molar-refractivity contribution in [3.8, 4) is 0 Å². The molecular formula is C9H8N2O3. The monoisotopic (exact) mass is 192 g/mol. The lowest BCUT2D eigenvalue weighted by Crippen LogP contribution is -2.32. The van der Waals surface area contributed by atoms with Crippen LogP contribution in [0.4, 0.5) is 0 Å². The van der Waals surface area contributed by atoms with Crippen LogP contribution in [0.15, 0.2) is 24.3 Å². The van der Waals surface area contributed by atoms with Crippen molar-refractivity contribution < 1.29 is 14.4 Å². The predicted octanol–water partition coefficient (Wildman–Crippen LogP) is 0.130. The van der Waals surface area contributed by atoms with E-state index in [1.807, 2.05) is 0 Å². The first kappa shape index (κ1) is 8.86. The molecule has 1 aromatic carbocycles. The number of fused-ring (bicyclic) bond motifs is 1. The molecule has 2 amide bonds. The van der Waals surface area contributed by atoms with E-state index in [9.17, 15) is 9.59 Å². The van der Waals surface area contributed by atoms with Gasteiger partial charge in [0.2, 0.25) is 0 Å². The van der Waals surface area contributed by atoms with Gasteiger partial charge in [-0.3, -0.25) is 9.59 Å². The molecule has 1 aromatic rings. The molecule has 0 aliphatic carbocycles. The van der Waals surface area contributed by atoms with Crippen LogP contribution in [-0.2, 0) is 4.84 Å². The van der Waals surface area contributed by atoms with Crippen molar-refractivity contribution in [3.63, 3.8) is 0 Å². The molecule has 5 heteroatoms. The Hall–Kier alpha value is -1.72. The summed E-state index contributed by atoms with van der Waals surface area (Å²) in [6, 6.07) is 6.54. The van der Waals surface area contributed by atoms with Crippen molar-refractivity contribution >= 4 is 11.8 Å². The summed E-state index contributed by atoms with van der Waals surface area (Å²) >= 11 is 0. The second-order valence-corrected chi connectivity index (χ2v) is 2.75. The molecule has 0 radical (unpaired) electrons. The van der Waals surface area contributed by atoms with Gasteiger partial charge in [0, 0.05) is 0 Å². The number of nitrogens with two attached hydrogens (primary N) is 1. The van der Waals surface area contributed by atoms with Crippen molar-refractivity contribution in [3.05, 3.63) is 35.4 Å². The lowest BCUT2D eigenvalue weighted by atomic mass is 10.1. The Bertz CT molecular complexity index is 368. The molecule has 0 spiro atoms. The van der Waals surface area contributed by atoms with Gasteiger partial charge in [0.15, 0.2) is 0 Å². The van der Waals surface area contributed by atoms with Crippen LogP contribution in [0.2, 0.25) is 0 Å². The third kappa shape index (κ3) is 1.11. The number of rotatable bonds is 2. The quantitative estimate of drug-likeness (QED) is 0.534. The fraction of sp³-hybridized carbons (Fsp3) is 0.111. The fourth-order valence-electron chi connectivity index (χ4n) is 1.36. The van der Waals surface area contributed by atoms with Gasteiger partial charge < -0.3 is 5.73 Å². The second-order valence-electron chi connectivity index (χ2n) is 2.75. The summed E-state index contributed by atoms with van der Waals surface area (Å²) in [4.78, 5) is 27.8. The maximum atomic E-state index is 11.5. The van der Waals surface area contributed by atoms with E-state index in [0.29, 0.717) is 16.2 Å². The molecule has 0 atom stereocenters. The normalized spacial score (nSPS) is 14.8. The van der Waals surface area contributed by atoms with Crippen molar-refractivity contribution in [2.45, 2.75) is 0 Å². The molecule has 1 heterocycles. The van der Waals surface area contributed by atoms with E-state index in [2.05, 4.69) is 0 Å². The Morgan fingerprint density at radius 2 is 1.64 bits per heavy atom. The number of amides is 2. The number of carbonyl (C=O) groups excluding carboxylic acids is 2. The van der Waals surface area contributed by atoms with Gasteiger partial charge in [-0.05, 0) is 12.1 Å². The zero-order chi connectivity index (χ0) is 10.1.